The fourth-order valence-corrected chi connectivity index (χ4v) is 3.53. The highest BCUT2D eigenvalue weighted by Crippen LogP contribution is 2.61. The van der Waals surface area contributed by atoms with Gasteiger partial charge in [-0.1, -0.05) is 18.2 Å². The van der Waals surface area contributed by atoms with E-state index in [1.165, 1.54) is 0 Å². The van der Waals surface area contributed by atoms with E-state index in [2.05, 4.69) is 6.07 Å². The predicted molar refractivity (Wildman–Crippen MR) is 80.8 cm³/mol. The van der Waals surface area contributed by atoms with Crippen LogP contribution in [0.3, 0.4) is 0 Å². The lowest BCUT2D eigenvalue weighted by Gasteiger charge is -2.27. The maximum absolute atomic E-state index is 12.6. The molecule has 1 saturated carbocycles. The van der Waals surface area contributed by atoms with E-state index >= 15 is 0 Å². The third-order valence-electron chi connectivity index (χ3n) is 4.86. The number of nitrogens with zero attached hydrogens (tertiary/aromatic N) is 1. The molecule has 2 atom stereocenters. The third kappa shape index (κ3) is 2.56. The number of hydrogen-bond donors (Lipinski definition) is 1. The summed E-state index contributed by atoms with van der Waals surface area (Å²) in [6.45, 7) is 1.15. The number of rotatable bonds is 5. The molecule has 0 unspecified atom stereocenters. The lowest BCUT2D eigenvalue weighted by atomic mass is 9.87. The number of aliphatic carboxylic acids is 1. The monoisotopic (exact) mass is 303 g/mol. The van der Waals surface area contributed by atoms with E-state index in [9.17, 15) is 9.59 Å². The second kappa shape index (κ2) is 5.63. The average molecular weight is 303 g/mol. The van der Waals surface area contributed by atoms with Crippen molar-refractivity contribution in [3.63, 3.8) is 0 Å². The number of hydrogen-bond acceptors (Lipinski definition) is 3. The van der Waals surface area contributed by atoms with Crippen LogP contribution in [0.5, 0.6) is 5.75 Å². The van der Waals surface area contributed by atoms with Crippen LogP contribution in [0.1, 0.15) is 31.2 Å². The Morgan fingerprint density at radius 3 is 2.95 bits per heavy atom. The summed E-state index contributed by atoms with van der Waals surface area (Å²) >= 11 is 0. The summed E-state index contributed by atoms with van der Waals surface area (Å²) in [5.41, 5.74) is 1.09. The number of benzene rings is 1. The Morgan fingerprint density at radius 1 is 1.41 bits per heavy atom. The van der Waals surface area contributed by atoms with Crippen molar-refractivity contribution in [2.45, 2.75) is 31.1 Å². The third-order valence-corrected chi connectivity index (χ3v) is 4.86. The van der Waals surface area contributed by atoms with Gasteiger partial charge in [-0.3, -0.25) is 9.59 Å². The van der Waals surface area contributed by atoms with Crippen molar-refractivity contribution in [3.05, 3.63) is 29.8 Å². The zero-order valence-electron chi connectivity index (χ0n) is 12.7. The number of carboxylic acids is 1. The lowest BCUT2D eigenvalue weighted by molar-refractivity contribution is -0.138. The first-order valence-corrected chi connectivity index (χ1v) is 7.74. The van der Waals surface area contributed by atoms with E-state index in [-0.39, 0.29) is 23.7 Å². The molecule has 5 nitrogen and oxygen atoms in total. The van der Waals surface area contributed by atoms with Gasteiger partial charge in [0, 0.05) is 36.9 Å². The number of fused-ring (bicyclic) bond motifs is 2. The van der Waals surface area contributed by atoms with Crippen LogP contribution in [-0.4, -0.2) is 42.1 Å². The van der Waals surface area contributed by atoms with Crippen molar-refractivity contribution >= 4 is 11.9 Å². The van der Waals surface area contributed by atoms with Gasteiger partial charge in [0.2, 0.25) is 5.91 Å². The smallest absolute Gasteiger partial charge is 0.303 e. The molecule has 0 bridgehead atoms. The van der Waals surface area contributed by atoms with E-state index in [0.29, 0.717) is 19.6 Å². The van der Waals surface area contributed by atoms with E-state index in [4.69, 9.17) is 9.84 Å². The van der Waals surface area contributed by atoms with Gasteiger partial charge < -0.3 is 14.7 Å². The van der Waals surface area contributed by atoms with E-state index in [0.717, 1.165) is 24.2 Å². The minimum atomic E-state index is -0.818. The molecular formula is C17H21NO4. The van der Waals surface area contributed by atoms with Crippen LogP contribution in [-0.2, 0) is 15.0 Å². The Morgan fingerprint density at radius 2 is 2.18 bits per heavy atom. The Labute approximate surface area is 129 Å². The number of amides is 1. The molecule has 1 aromatic carbocycles. The summed E-state index contributed by atoms with van der Waals surface area (Å²) in [6, 6.07) is 7.97. The predicted octanol–water partition coefficient (Wildman–Crippen LogP) is 2.05. The largest absolute Gasteiger partial charge is 0.493 e. The van der Waals surface area contributed by atoms with Gasteiger partial charge in [-0.15, -0.1) is 0 Å². The topological polar surface area (TPSA) is 66.8 Å². The van der Waals surface area contributed by atoms with Crippen molar-refractivity contribution in [1.29, 1.82) is 0 Å². The van der Waals surface area contributed by atoms with Crippen LogP contribution in [0, 0.1) is 5.92 Å². The molecule has 1 spiro atoms. The van der Waals surface area contributed by atoms with Crippen LogP contribution in [0.25, 0.3) is 0 Å². The highest BCUT2D eigenvalue weighted by Gasteiger charge is 2.61. The minimum absolute atomic E-state index is 0.00683. The van der Waals surface area contributed by atoms with Gasteiger partial charge in [-0.2, -0.15) is 0 Å². The highest BCUT2D eigenvalue weighted by atomic mass is 16.5. The zero-order valence-corrected chi connectivity index (χ0v) is 12.7. The summed E-state index contributed by atoms with van der Waals surface area (Å²) in [7, 11) is 1.77. The second-order valence-electron chi connectivity index (χ2n) is 6.26. The number of carbonyl (C=O) groups is 2. The molecule has 0 aromatic heterocycles. The quantitative estimate of drug-likeness (QED) is 0.904. The Bertz CT molecular complexity index is 600. The molecule has 3 rings (SSSR count). The number of carbonyl (C=O) groups excluding carboxylic acids is 1. The van der Waals surface area contributed by atoms with Crippen LogP contribution < -0.4 is 4.74 Å². The molecule has 1 N–H and O–H groups in total. The molecule has 1 aliphatic carbocycles. The lowest BCUT2D eigenvalue weighted by Crippen LogP contribution is -2.33. The van der Waals surface area contributed by atoms with Crippen molar-refractivity contribution in [2.24, 2.45) is 5.92 Å². The minimum Gasteiger partial charge on any atom is -0.493 e. The fraction of sp³-hybridized carbons (Fsp3) is 0.529. The summed E-state index contributed by atoms with van der Waals surface area (Å²) in [6.07, 6.45) is 2.35. The first-order chi connectivity index (χ1) is 10.5. The van der Waals surface area contributed by atoms with Gasteiger partial charge in [0.25, 0.3) is 0 Å². The molecular weight excluding hydrogens is 282 g/mol. The molecule has 1 aromatic rings. The Hall–Kier alpha value is -2.04. The van der Waals surface area contributed by atoms with Crippen molar-refractivity contribution in [3.8, 4) is 5.75 Å². The number of para-hydroxylation sites is 1. The second-order valence-corrected chi connectivity index (χ2v) is 6.26. The van der Waals surface area contributed by atoms with Gasteiger partial charge >= 0.3 is 5.97 Å². The van der Waals surface area contributed by atoms with Gasteiger partial charge in [-0.05, 0) is 25.3 Å². The van der Waals surface area contributed by atoms with Crippen LogP contribution >= 0.6 is 0 Å². The van der Waals surface area contributed by atoms with Gasteiger partial charge in [0.1, 0.15) is 5.75 Å². The Balaban J connectivity index is 1.66. The van der Waals surface area contributed by atoms with Crippen molar-refractivity contribution in [1.82, 2.24) is 4.90 Å². The van der Waals surface area contributed by atoms with Crippen LogP contribution in [0.15, 0.2) is 24.3 Å². The first-order valence-electron chi connectivity index (χ1n) is 7.74. The highest BCUT2D eigenvalue weighted by molar-refractivity contribution is 5.84. The normalized spacial score (nSPS) is 25.2. The fourth-order valence-electron chi connectivity index (χ4n) is 3.53. The molecule has 118 valence electrons. The van der Waals surface area contributed by atoms with Gasteiger partial charge in [0.05, 0.1) is 6.61 Å². The van der Waals surface area contributed by atoms with Gasteiger partial charge in [-0.25, -0.2) is 0 Å². The van der Waals surface area contributed by atoms with Gasteiger partial charge in [0.15, 0.2) is 0 Å². The Kier molecular flexibility index (Phi) is 3.81. The SMILES string of the molecule is CN(CCCC(=O)O)C(=O)[C@@H]1C[C@]12CCOc1ccccc12. The summed E-state index contributed by atoms with van der Waals surface area (Å²) in [5, 5.41) is 8.68. The molecule has 22 heavy (non-hydrogen) atoms. The van der Waals surface area contributed by atoms with E-state index < -0.39 is 5.97 Å². The van der Waals surface area contributed by atoms with Crippen LogP contribution in [0.4, 0.5) is 0 Å². The maximum atomic E-state index is 12.6. The number of carboxylic acid groups (broad SMARTS) is 1. The van der Waals surface area contributed by atoms with E-state index in [1.54, 1.807) is 11.9 Å². The molecule has 1 fully saturated rings. The maximum Gasteiger partial charge on any atom is 0.303 e. The molecule has 1 aliphatic heterocycles. The van der Waals surface area contributed by atoms with Crippen LogP contribution in [0.2, 0.25) is 0 Å². The molecule has 0 radical (unpaired) electrons. The standard InChI is InChI=1S/C17H21NO4/c1-18(9-4-7-15(19)20)16(21)13-11-17(13)8-10-22-14-6-3-2-5-12(14)17/h2-3,5-6,13H,4,7-11H2,1H3,(H,19,20)/t13-,17-/m0/s1. The zero-order chi connectivity index (χ0) is 15.7. The summed E-state index contributed by atoms with van der Waals surface area (Å²) < 4.78 is 5.69. The molecule has 5 heteroatoms. The number of ether oxygens (including phenoxy) is 1. The molecule has 1 heterocycles. The van der Waals surface area contributed by atoms with Crippen molar-refractivity contribution < 1.29 is 19.4 Å². The summed E-state index contributed by atoms with van der Waals surface area (Å²) in [4.78, 5) is 24.8. The van der Waals surface area contributed by atoms with E-state index in [1.807, 2.05) is 18.2 Å². The molecule has 0 saturated heterocycles. The molecule has 1 amide bonds. The first kappa shape index (κ1) is 14.9. The summed E-state index contributed by atoms with van der Waals surface area (Å²) in [5.74, 6) is 0.217. The average Bonchev–Trinajstić information content (AvgIpc) is 3.21. The van der Waals surface area contributed by atoms with Crippen molar-refractivity contribution in [2.75, 3.05) is 20.2 Å². The molecule has 2 aliphatic rings.